The van der Waals surface area contributed by atoms with Crippen LogP contribution in [0.25, 0.3) is 0 Å². The molecule has 1 fully saturated rings. The Balaban J connectivity index is 1.69. The van der Waals surface area contributed by atoms with Gasteiger partial charge in [-0.25, -0.2) is 9.79 Å². The molecule has 0 bridgehead atoms. The third kappa shape index (κ3) is 2.52. The van der Waals surface area contributed by atoms with Gasteiger partial charge in [-0.05, 0) is 32.8 Å². The number of guanidine groups is 1. The average Bonchev–Trinajstić information content (AvgIpc) is 3.19. The van der Waals surface area contributed by atoms with Crippen molar-refractivity contribution in [2.75, 3.05) is 7.05 Å². The zero-order valence-electron chi connectivity index (χ0n) is 17.1. The lowest BCUT2D eigenvalue weighted by Gasteiger charge is -2.40. The molecule has 1 aromatic rings. The van der Waals surface area contributed by atoms with Crippen molar-refractivity contribution in [3.63, 3.8) is 0 Å². The van der Waals surface area contributed by atoms with Gasteiger partial charge in [-0.3, -0.25) is 14.6 Å². The first kappa shape index (κ1) is 18.5. The molecule has 3 atom stereocenters. The minimum Gasteiger partial charge on any atom is -0.312 e. The molecule has 0 N–H and O–H groups in total. The van der Waals surface area contributed by atoms with Gasteiger partial charge in [0.25, 0.3) is 5.91 Å². The van der Waals surface area contributed by atoms with Gasteiger partial charge >= 0.3 is 6.03 Å². The molecule has 3 heterocycles. The van der Waals surface area contributed by atoms with Crippen LogP contribution in [0.3, 0.4) is 0 Å². The molecule has 7 nitrogen and oxygen atoms in total. The summed E-state index contributed by atoms with van der Waals surface area (Å²) in [5.41, 5.74) is 3.08. The Bertz CT molecular complexity index is 878. The number of allylic oxidation sites excluding steroid dienone is 2. The van der Waals surface area contributed by atoms with Gasteiger partial charge in [0.15, 0.2) is 12.2 Å². The van der Waals surface area contributed by atoms with Crippen molar-refractivity contribution >= 4 is 17.9 Å². The minimum absolute atomic E-state index is 0.186. The lowest BCUT2D eigenvalue weighted by Crippen LogP contribution is -2.64. The summed E-state index contributed by atoms with van der Waals surface area (Å²) in [4.78, 5) is 38.4. The fourth-order valence-electron chi connectivity index (χ4n) is 4.26. The average molecular weight is 381 g/mol. The first-order valence-electron chi connectivity index (χ1n) is 9.82. The standard InChI is InChI=1S/C21H27N5O2/c1-6-13(2)25-14(3)15(4)26-17-18(22-20(25)26)23(5)21(28)24(19(17)27)12-16-10-8-7-9-11-16/h7-11,13,17-18H,6,12H2,1-5H3. The second-order valence-corrected chi connectivity index (χ2v) is 7.76. The number of likely N-dealkylation sites (N-methyl/N-ethyl adjacent to an activating group) is 1. The zero-order valence-corrected chi connectivity index (χ0v) is 17.1. The molecule has 148 valence electrons. The number of carbonyl (C=O) groups is 2. The lowest BCUT2D eigenvalue weighted by atomic mass is 10.1. The highest BCUT2D eigenvalue weighted by Gasteiger charge is 2.56. The van der Waals surface area contributed by atoms with Crippen molar-refractivity contribution in [2.24, 2.45) is 4.99 Å². The van der Waals surface area contributed by atoms with Crippen LogP contribution in [0.2, 0.25) is 0 Å². The van der Waals surface area contributed by atoms with Crippen LogP contribution >= 0.6 is 0 Å². The molecule has 0 spiro atoms. The molecule has 0 aromatic heterocycles. The molecular formula is C21H27N5O2. The molecule has 3 amide bonds. The largest absolute Gasteiger partial charge is 0.328 e. The summed E-state index contributed by atoms with van der Waals surface area (Å²) < 4.78 is 0. The number of benzene rings is 1. The van der Waals surface area contributed by atoms with Crippen LogP contribution in [0.4, 0.5) is 4.79 Å². The van der Waals surface area contributed by atoms with Crippen molar-refractivity contribution in [1.82, 2.24) is 19.6 Å². The van der Waals surface area contributed by atoms with Crippen molar-refractivity contribution in [1.29, 1.82) is 0 Å². The number of fused-ring (bicyclic) bond motifs is 3. The van der Waals surface area contributed by atoms with Gasteiger partial charge < -0.3 is 9.80 Å². The Kier molecular flexibility index (Phi) is 4.40. The lowest BCUT2D eigenvalue weighted by molar-refractivity contribution is -0.137. The number of nitrogens with zero attached hydrogens (tertiary/aromatic N) is 5. The van der Waals surface area contributed by atoms with Crippen LogP contribution in [0.1, 0.15) is 39.7 Å². The summed E-state index contributed by atoms with van der Waals surface area (Å²) in [7, 11) is 1.73. The molecular weight excluding hydrogens is 354 g/mol. The number of amides is 3. The van der Waals surface area contributed by atoms with Crippen LogP contribution in [-0.4, -0.2) is 62.8 Å². The number of hydrogen-bond acceptors (Lipinski definition) is 5. The molecule has 28 heavy (non-hydrogen) atoms. The summed E-state index contributed by atoms with van der Waals surface area (Å²) >= 11 is 0. The van der Waals surface area contributed by atoms with Crippen molar-refractivity contribution in [3.8, 4) is 0 Å². The van der Waals surface area contributed by atoms with E-state index in [-0.39, 0.29) is 24.5 Å². The molecule has 3 unspecified atom stereocenters. The Morgan fingerprint density at radius 3 is 2.43 bits per heavy atom. The van der Waals surface area contributed by atoms with Crippen molar-refractivity contribution in [3.05, 3.63) is 47.3 Å². The Morgan fingerprint density at radius 1 is 1.11 bits per heavy atom. The Morgan fingerprint density at radius 2 is 1.79 bits per heavy atom. The summed E-state index contributed by atoms with van der Waals surface area (Å²) in [6, 6.07) is 9.08. The van der Waals surface area contributed by atoms with E-state index in [0.29, 0.717) is 0 Å². The first-order valence-corrected chi connectivity index (χ1v) is 9.82. The van der Waals surface area contributed by atoms with Crippen LogP contribution in [0.5, 0.6) is 0 Å². The summed E-state index contributed by atoms with van der Waals surface area (Å²) in [5, 5.41) is 0. The Hall–Kier alpha value is -2.83. The van der Waals surface area contributed by atoms with Gasteiger partial charge in [0.1, 0.15) is 0 Å². The number of rotatable bonds is 4. The number of carbonyl (C=O) groups excluding carboxylic acids is 2. The number of hydrogen-bond donors (Lipinski definition) is 0. The van der Waals surface area contributed by atoms with Gasteiger partial charge in [-0.15, -0.1) is 0 Å². The molecule has 1 aromatic carbocycles. The quantitative estimate of drug-likeness (QED) is 0.805. The van der Waals surface area contributed by atoms with Gasteiger partial charge in [-0.2, -0.15) is 0 Å². The monoisotopic (exact) mass is 381 g/mol. The fourth-order valence-corrected chi connectivity index (χ4v) is 4.26. The SMILES string of the molecule is CCC(C)N1C2=NC3C(C(=O)N(Cc4ccccc4)C(=O)N3C)N2C(C)=C1C. The number of imide groups is 1. The van der Waals surface area contributed by atoms with E-state index in [1.807, 2.05) is 42.2 Å². The maximum atomic E-state index is 13.4. The van der Waals surface area contributed by atoms with E-state index in [0.717, 1.165) is 29.3 Å². The van der Waals surface area contributed by atoms with E-state index < -0.39 is 12.2 Å². The molecule has 0 saturated carbocycles. The van der Waals surface area contributed by atoms with Crippen molar-refractivity contribution < 1.29 is 9.59 Å². The van der Waals surface area contributed by atoms with E-state index in [2.05, 4.69) is 25.7 Å². The summed E-state index contributed by atoms with van der Waals surface area (Å²) in [6.07, 6.45) is 0.479. The maximum Gasteiger partial charge on any atom is 0.328 e. The highest BCUT2D eigenvalue weighted by molar-refractivity contribution is 6.05. The maximum absolute atomic E-state index is 13.4. The van der Waals surface area contributed by atoms with Gasteiger partial charge in [0.05, 0.1) is 6.54 Å². The Labute approximate surface area is 165 Å². The molecule has 0 radical (unpaired) electrons. The topological polar surface area (TPSA) is 59.5 Å². The molecule has 3 aliphatic heterocycles. The van der Waals surface area contributed by atoms with Crippen LogP contribution in [0.15, 0.2) is 46.7 Å². The molecule has 3 aliphatic rings. The normalized spacial score (nSPS) is 25.4. The molecule has 4 rings (SSSR count). The van der Waals surface area contributed by atoms with E-state index >= 15 is 0 Å². The van der Waals surface area contributed by atoms with Gasteiger partial charge in [0.2, 0.25) is 5.96 Å². The van der Waals surface area contributed by atoms with E-state index in [9.17, 15) is 9.59 Å². The van der Waals surface area contributed by atoms with Crippen molar-refractivity contribution in [2.45, 2.75) is 58.9 Å². The highest BCUT2D eigenvalue weighted by Crippen LogP contribution is 2.39. The third-order valence-corrected chi connectivity index (χ3v) is 6.15. The predicted molar refractivity (Wildman–Crippen MR) is 107 cm³/mol. The number of urea groups is 1. The highest BCUT2D eigenvalue weighted by atomic mass is 16.2. The van der Waals surface area contributed by atoms with E-state index in [1.165, 1.54) is 4.90 Å². The molecule has 7 heteroatoms. The van der Waals surface area contributed by atoms with E-state index in [1.54, 1.807) is 11.9 Å². The second kappa shape index (κ2) is 6.65. The molecule has 0 aliphatic carbocycles. The van der Waals surface area contributed by atoms with Crippen LogP contribution in [-0.2, 0) is 11.3 Å². The zero-order chi connectivity index (χ0) is 20.2. The van der Waals surface area contributed by atoms with Gasteiger partial charge in [-0.1, -0.05) is 37.3 Å². The smallest absolute Gasteiger partial charge is 0.312 e. The van der Waals surface area contributed by atoms with Crippen LogP contribution in [0, 0.1) is 0 Å². The van der Waals surface area contributed by atoms with E-state index in [4.69, 9.17) is 4.99 Å². The van der Waals surface area contributed by atoms with Crippen LogP contribution < -0.4 is 0 Å². The third-order valence-electron chi connectivity index (χ3n) is 6.15. The summed E-state index contributed by atoms with van der Waals surface area (Å²) in [5.74, 6) is 0.600. The first-order chi connectivity index (χ1) is 13.4. The predicted octanol–water partition coefficient (Wildman–Crippen LogP) is 2.81. The number of aliphatic imine (C=N–C) groups is 1. The summed E-state index contributed by atoms with van der Waals surface area (Å²) in [6.45, 7) is 8.66. The fraction of sp³-hybridized carbons (Fsp3) is 0.476. The minimum atomic E-state index is -0.509. The van der Waals surface area contributed by atoms with Gasteiger partial charge in [0, 0.05) is 24.5 Å². The molecule has 1 saturated heterocycles. The second-order valence-electron chi connectivity index (χ2n) is 7.76.